The van der Waals surface area contributed by atoms with E-state index >= 15 is 0 Å². The fraction of sp³-hybridized carbons (Fsp3) is 0.294. The summed E-state index contributed by atoms with van der Waals surface area (Å²) >= 11 is 0. The van der Waals surface area contributed by atoms with E-state index in [2.05, 4.69) is 5.32 Å². The number of hydrogen-bond donors (Lipinski definition) is 1. The molecular weight excluding hydrogens is 332 g/mol. The van der Waals surface area contributed by atoms with Gasteiger partial charge < -0.3 is 14.8 Å². The Kier molecular flexibility index (Phi) is 5.64. The topological polar surface area (TPSA) is 73.6 Å². The van der Waals surface area contributed by atoms with Crippen molar-refractivity contribution >= 4 is 18.1 Å². The molecule has 1 unspecified atom stereocenters. The first-order valence-electron chi connectivity index (χ1n) is 7.36. The molecule has 2 aromatic rings. The number of hydrogen-bond acceptors (Lipinski definition) is 5. The molecule has 0 fully saturated rings. The highest BCUT2D eigenvalue weighted by atomic mass is 35.5. The molecule has 1 atom stereocenters. The average Bonchev–Trinajstić information content (AvgIpc) is 2.60. The summed E-state index contributed by atoms with van der Waals surface area (Å²) in [4.78, 5) is 10.4. The first kappa shape index (κ1) is 18.0. The van der Waals surface area contributed by atoms with Crippen LogP contribution >= 0.6 is 12.4 Å². The Morgan fingerprint density at radius 3 is 2.33 bits per heavy atom. The summed E-state index contributed by atoms with van der Waals surface area (Å²) in [5.41, 5.74) is 3.40. The van der Waals surface area contributed by atoms with Gasteiger partial charge in [0.05, 0.1) is 25.2 Å². The SMILES string of the molecule is COc1cc2c(cc1OC)C(c1ccc([N+](=O)[O-])cc1)NCC2.Cl. The summed E-state index contributed by atoms with van der Waals surface area (Å²) in [6, 6.07) is 10.6. The largest absolute Gasteiger partial charge is 0.493 e. The molecule has 1 aliphatic heterocycles. The lowest BCUT2D eigenvalue weighted by Crippen LogP contribution is -2.30. The number of nitro benzene ring substituents is 1. The van der Waals surface area contributed by atoms with E-state index in [4.69, 9.17) is 9.47 Å². The van der Waals surface area contributed by atoms with Gasteiger partial charge in [-0.2, -0.15) is 0 Å². The number of rotatable bonds is 4. The van der Waals surface area contributed by atoms with Crippen molar-refractivity contribution in [1.29, 1.82) is 0 Å². The zero-order valence-electron chi connectivity index (χ0n) is 13.4. The van der Waals surface area contributed by atoms with Gasteiger partial charge in [0, 0.05) is 18.7 Å². The highest BCUT2D eigenvalue weighted by Gasteiger charge is 2.24. The van der Waals surface area contributed by atoms with Crippen LogP contribution in [0, 0.1) is 10.1 Å². The second-order valence-electron chi connectivity index (χ2n) is 5.39. The van der Waals surface area contributed by atoms with E-state index in [1.165, 1.54) is 17.7 Å². The molecule has 0 radical (unpaired) electrons. The van der Waals surface area contributed by atoms with Gasteiger partial charge in [-0.15, -0.1) is 12.4 Å². The van der Waals surface area contributed by atoms with Crippen molar-refractivity contribution in [3.05, 3.63) is 63.2 Å². The van der Waals surface area contributed by atoms with E-state index in [0.29, 0.717) is 5.75 Å². The van der Waals surface area contributed by atoms with Gasteiger partial charge >= 0.3 is 0 Å². The number of non-ortho nitro benzene ring substituents is 1. The fourth-order valence-corrected chi connectivity index (χ4v) is 2.97. The van der Waals surface area contributed by atoms with Crippen LogP contribution in [0.2, 0.25) is 0 Å². The summed E-state index contributed by atoms with van der Waals surface area (Å²) in [6.07, 6.45) is 0.902. The molecule has 0 saturated carbocycles. The minimum atomic E-state index is -0.389. The molecule has 3 rings (SSSR count). The Hall–Kier alpha value is -2.31. The lowest BCUT2D eigenvalue weighted by molar-refractivity contribution is -0.384. The van der Waals surface area contributed by atoms with Crippen molar-refractivity contribution in [1.82, 2.24) is 5.32 Å². The monoisotopic (exact) mass is 350 g/mol. The van der Waals surface area contributed by atoms with Gasteiger partial charge in [-0.05, 0) is 35.2 Å². The molecule has 0 bridgehead atoms. The normalized spacial score (nSPS) is 15.8. The molecule has 0 saturated heterocycles. The number of fused-ring (bicyclic) bond motifs is 1. The Labute approximate surface area is 146 Å². The molecule has 0 amide bonds. The standard InChI is InChI=1S/C17H18N2O4.ClH/c1-22-15-9-12-7-8-18-17(14(12)10-16(15)23-2)11-3-5-13(6-4-11)19(20)21;/h3-6,9-10,17-18H,7-8H2,1-2H3;1H. The highest BCUT2D eigenvalue weighted by Crippen LogP contribution is 2.37. The number of nitrogens with one attached hydrogen (secondary N) is 1. The van der Waals surface area contributed by atoms with E-state index in [1.807, 2.05) is 12.1 Å². The Morgan fingerprint density at radius 1 is 1.12 bits per heavy atom. The first-order chi connectivity index (χ1) is 11.1. The molecule has 0 spiro atoms. The van der Waals surface area contributed by atoms with Crippen LogP contribution < -0.4 is 14.8 Å². The molecular formula is C17H19ClN2O4. The molecule has 6 nitrogen and oxygen atoms in total. The van der Waals surface area contributed by atoms with Crippen molar-refractivity contribution in [3.63, 3.8) is 0 Å². The molecule has 7 heteroatoms. The van der Waals surface area contributed by atoms with Crippen LogP contribution in [0.4, 0.5) is 5.69 Å². The van der Waals surface area contributed by atoms with Crippen LogP contribution in [0.15, 0.2) is 36.4 Å². The van der Waals surface area contributed by atoms with Gasteiger partial charge in [-0.3, -0.25) is 10.1 Å². The van der Waals surface area contributed by atoms with E-state index in [0.717, 1.165) is 29.8 Å². The smallest absolute Gasteiger partial charge is 0.269 e. The van der Waals surface area contributed by atoms with E-state index < -0.39 is 0 Å². The zero-order chi connectivity index (χ0) is 16.4. The van der Waals surface area contributed by atoms with Crippen LogP contribution in [-0.4, -0.2) is 25.7 Å². The average molecular weight is 351 g/mol. The Balaban J connectivity index is 0.00000208. The van der Waals surface area contributed by atoms with Crippen LogP contribution in [0.1, 0.15) is 22.7 Å². The zero-order valence-corrected chi connectivity index (χ0v) is 14.3. The van der Waals surface area contributed by atoms with Crippen LogP contribution in [0.3, 0.4) is 0 Å². The predicted octanol–water partition coefficient (Wildman–Crippen LogP) is 3.27. The first-order valence-corrected chi connectivity index (χ1v) is 7.36. The summed E-state index contributed by atoms with van der Waals surface area (Å²) in [5.74, 6) is 1.40. The van der Waals surface area contributed by atoms with E-state index in [-0.39, 0.29) is 29.1 Å². The van der Waals surface area contributed by atoms with Crippen LogP contribution in [0.25, 0.3) is 0 Å². The second-order valence-corrected chi connectivity index (χ2v) is 5.39. The minimum Gasteiger partial charge on any atom is -0.493 e. The quantitative estimate of drug-likeness (QED) is 0.676. The highest BCUT2D eigenvalue weighted by molar-refractivity contribution is 5.85. The van der Waals surface area contributed by atoms with Crippen molar-refractivity contribution in [2.75, 3.05) is 20.8 Å². The maximum absolute atomic E-state index is 10.8. The molecule has 1 heterocycles. The van der Waals surface area contributed by atoms with E-state index in [1.54, 1.807) is 26.4 Å². The maximum Gasteiger partial charge on any atom is 0.269 e. The van der Waals surface area contributed by atoms with Gasteiger partial charge in [0.1, 0.15) is 0 Å². The Bertz CT molecular complexity index is 734. The third-order valence-electron chi connectivity index (χ3n) is 4.14. The number of ether oxygens (including phenoxy) is 2. The number of nitro groups is 1. The Morgan fingerprint density at radius 2 is 1.75 bits per heavy atom. The van der Waals surface area contributed by atoms with Crippen molar-refractivity contribution in [2.45, 2.75) is 12.5 Å². The fourth-order valence-electron chi connectivity index (χ4n) is 2.97. The molecule has 24 heavy (non-hydrogen) atoms. The van der Waals surface area contributed by atoms with Crippen LogP contribution in [-0.2, 0) is 6.42 Å². The summed E-state index contributed by atoms with van der Waals surface area (Å²) < 4.78 is 10.8. The molecule has 1 N–H and O–H groups in total. The summed E-state index contributed by atoms with van der Waals surface area (Å²) in [6.45, 7) is 0.837. The van der Waals surface area contributed by atoms with Gasteiger partial charge in [-0.25, -0.2) is 0 Å². The molecule has 0 aromatic heterocycles. The number of halogens is 1. The second kappa shape index (κ2) is 7.51. The predicted molar refractivity (Wildman–Crippen MR) is 93.4 cm³/mol. The number of methoxy groups -OCH3 is 2. The summed E-state index contributed by atoms with van der Waals surface area (Å²) in [7, 11) is 3.24. The van der Waals surface area contributed by atoms with Gasteiger partial charge in [-0.1, -0.05) is 12.1 Å². The lowest BCUT2D eigenvalue weighted by atomic mass is 9.89. The van der Waals surface area contributed by atoms with Gasteiger partial charge in [0.25, 0.3) is 5.69 Å². The maximum atomic E-state index is 10.8. The lowest BCUT2D eigenvalue weighted by Gasteiger charge is -2.28. The third kappa shape index (κ3) is 3.29. The summed E-state index contributed by atoms with van der Waals surface area (Å²) in [5, 5.41) is 14.3. The molecule has 2 aromatic carbocycles. The van der Waals surface area contributed by atoms with Crippen molar-refractivity contribution in [3.8, 4) is 11.5 Å². The van der Waals surface area contributed by atoms with Crippen LogP contribution in [0.5, 0.6) is 11.5 Å². The van der Waals surface area contributed by atoms with Gasteiger partial charge in [0.2, 0.25) is 0 Å². The minimum absolute atomic E-state index is 0. The van der Waals surface area contributed by atoms with Crippen molar-refractivity contribution in [2.24, 2.45) is 0 Å². The number of benzene rings is 2. The van der Waals surface area contributed by atoms with Crippen molar-refractivity contribution < 1.29 is 14.4 Å². The number of nitrogens with zero attached hydrogens (tertiary/aromatic N) is 1. The van der Waals surface area contributed by atoms with Gasteiger partial charge in [0.15, 0.2) is 11.5 Å². The van der Waals surface area contributed by atoms with E-state index in [9.17, 15) is 10.1 Å². The molecule has 0 aliphatic carbocycles. The molecule has 128 valence electrons. The molecule has 1 aliphatic rings. The third-order valence-corrected chi connectivity index (χ3v) is 4.14.